The number of ether oxygens (including phenoxy) is 1. The lowest BCUT2D eigenvalue weighted by Gasteiger charge is -2.36. The van der Waals surface area contributed by atoms with Crippen LogP contribution in [-0.2, 0) is 30.8 Å². The predicted octanol–water partition coefficient (Wildman–Crippen LogP) is 2.33. The van der Waals surface area contributed by atoms with E-state index in [1.807, 2.05) is 12.1 Å². The molecule has 1 N–H and O–H groups in total. The maximum absolute atomic E-state index is 13.3. The van der Waals surface area contributed by atoms with E-state index in [4.69, 9.17) is 4.74 Å². The van der Waals surface area contributed by atoms with Crippen LogP contribution >= 0.6 is 0 Å². The van der Waals surface area contributed by atoms with Gasteiger partial charge in [0.2, 0.25) is 10.0 Å². The van der Waals surface area contributed by atoms with Gasteiger partial charge >= 0.3 is 5.97 Å². The third-order valence-corrected chi connectivity index (χ3v) is 7.37. The van der Waals surface area contributed by atoms with Crippen molar-refractivity contribution in [1.82, 2.24) is 9.62 Å². The highest BCUT2D eigenvalue weighted by Gasteiger charge is 2.38. The van der Waals surface area contributed by atoms with Gasteiger partial charge in [-0.25, -0.2) is 12.8 Å². The fraction of sp³-hybridized carbons (Fsp3) is 0.364. The van der Waals surface area contributed by atoms with Gasteiger partial charge in [0.05, 0.1) is 17.4 Å². The fourth-order valence-corrected chi connectivity index (χ4v) is 5.34. The lowest BCUT2D eigenvalue weighted by Crippen LogP contribution is -2.41. The highest BCUT2D eigenvalue weighted by molar-refractivity contribution is 7.89. The number of rotatable bonds is 7. The second kappa shape index (κ2) is 8.76. The standard InChI is InChI=1S/C22H23FN2O5S/c23-16-5-9-18(10-6-16)31(28,29)25-12-11-15-3-1-2-4-19(15)20(25)13-22(27)30-14-21(26)24-17-7-8-17/h1-6,9-10,17,20H,7-8,11-14H2,(H,24,26). The van der Waals surface area contributed by atoms with E-state index < -0.39 is 34.5 Å². The Bertz CT molecular complexity index is 1080. The van der Waals surface area contributed by atoms with Crippen LogP contribution in [0.15, 0.2) is 53.4 Å². The first-order valence-corrected chi connectivity index (χ1v) is 11.6. The lowest BCUT2D eigenvalue weighted by atomic mass is 9.92. The third-order valence-electron chi connectivity index (χ3n) is 5.45. The molecule has 9 heteroatoms. The van der Waals surface area contributed by atoms with Crippen LogP contribution in [0.1, 0.15) is 36.4 Å². The molecule has 2 aromatic carbocycles. The number of esters is 1. The number of fused-ring (bicyclic) bond motifs is 1. The van der Waals surface area contributed by atoms with E-state index in [1.54, 1.807) is 12.1 Å². The number of hydrogen-bond acceptors (Lipinski definition) is 5. The summed E-state index contributed by atoms with van der Waals surface area (Å²) in [6.45, 7) is -0.217. The maximum Gasteiger partial charge on any atom is 0.308 e. The van der Waals surface area contributed by atoms with Crippen LogP contribution in [0.25, 0.3) is 0 Å². The molecule has 164 valence electrons. The maximum atomic E-state index is 13.3. The summed E-state index contributed by atoms with van der Waals surface area (Å²) < 4.78 is 46.2. The number of sulfonamides is 1. The lowest BCUT2D eigenvalue weighted by molar-refractivity contribution is -0.149. The zero-order valence-corrected chi connectivity index (χ0v) is 17.6. The molecule has 2 aromatic rings. The van der Waals surface area contributed by atoms with Crippen LogP contribution in [0, 0.1) is 5.82 Å². The molecule has 0 aromatic heterocycles. The molecule has 1 unspecified atom stereocenters. The number of carbonyl (C=O) groups is 2. The van der Waals surface area contributed by atoms with Gasteiger partial charge in [-0.2, -0.15) is 4.31 Å². The molecule has 2 aliphatic rings. The Morgan fingerprint density at radius 3 is 2.52 bits per heavy atom. The topological polar surface area (TPSA) is 92.8 Å². The molecule has 1 saturated carbocycles. The van der Waals surface area contributed by atoms with Gasteiger partial charge in [0.15, 0.2) is 6.61 Å². The number of hydrogen-bond donors (Lipinski definition) is 1. The second-order valence-corrected chi connectivity index (χ2v) is 9.63. The van der Waals surface area contributed by atoms with Crippen molar-refractivity contribution in [2.45, 2.75) is 42.7 Å². The molecule has 1 amide bonds. The van der Waals surface area contributed by atoms with Crippen LogP contribution < -0.4 is 5.32 Å². The normalized spacial score (nSPS) is 18.8. The van der Waals surface area contributed by atoms with Gasteiger partial charge in [0.1, 0.15) is 5.82 Å². The summed E-state index contributed by atoms with van der Waals surface area (Å²) in [7, 11) is -3.98. The van der Waals surface area contributed by atoms with E-state index in [1.165, 1.54) is 16.4 Å². The molecule has 1 aliphatic heterocycles. The first-order chi connectivity index (χ1) is 14.8. The molecular formula is C22H23FN2O5S. The molecule has 0 bridgehead atoms. The summed E-state index contributed by atoms with van der Waals surface area (Å²) >= 11 is 0. The molecule has 0 saturated heterocycles. The minimum absolute atomic E-state index is 0.0459. The first kappa shape index (κ1) is 21.5. The Morgan fingerprint density at radius 1 is 1.10 bits per heavy atom. The molecule has 1 fully saturated rings. The molecule has 7 nitrogen and oxygen atoms in total. The zero-order valence-electron chi connectivity index (χ0n) is 16.8. The number of halogens is 1. The summed E-state index contributed by atoms with van der Waals surface area (Å²) in [5, 5.41) is 2.73. The van der Waals surface area contributed by atoms with Crippen LogP contribution in [-0.4, -0.2) is 43.8 Å². The van der Waals surface area contributed by atoms with Crippen molar-refractivity contribution in [3.05, 3.63) is 65.5 Å². The Labute approximate surface area is 180 Å². The highest BCUT2D eigenvalue weighted by atomic mass is 32.2. The largest absolute Gasteiger partial charge is 0.456 e. The van der Waals surface area contributed by atoms with Crippen molar-refractivity contribution in [1.29, 1.82) is 0 Å². The summed E-state index contributed by atoms with van der Waals surface area (Å²) in [6.07, 6.45) is 2.11. The Hall–Kier alpha value is -2.78. The van der Waals surface area contributed by atoms with Crippen molar-refractivity contribution in [2.75, 3.05) is 13.2 Å². The summed E-state index contributed by atoms with van der Waals surface area (Å²) in [5.41, 5.74) is 1.68. The molecule has 1 aliphatic carbocycles. The van der Waals surface area contributed by atoms with Gasteiger partial charge in [-0.15, -0.1) is 0 Å². The first-order valence-electron chi connectivity index (χ1n) is 10.1. The quantitative estimate of drug-likeness (QED) is 0.659. The van der Waals surface area contributed by atoms with E-state index >= 15 is 0 Å². The van der Waals surface area contributed by atoms with Gasteiger partial charge in [-0.3, -0.25) is 9.59 Å². The number of benzene rings is 2. The minimum atomic E-state index is -3.98. The molecule has 0 radical (unpaired) electrons. The number of amides is 1. The van der Waals surface area contributed by atoms with Crippen LogP contribution in [0.4, 0.5) is 4.39 Å². The Morgan fingerprint density at radius 2 is 1.81 bits per heavy atom. The van der Waals surface area contributed by atoms with Crippen molar-refractivity contribution in [3.63, 3.8) is 0 Å². The van der Waals surface area contributed by atoms with E-state index in [2.05, 4.69) is 5.32 Å². The van der Waals surface area contributed by atoms with Gasteiger partial charge in [-0.1, -0.05) is 24.3 Å². The third kappa shape index (κ3) is 4.94. The average Bonchev–Trinajstić information content (AvgIpc) is 3.56. The highest BCUT2D eigenvalue weighted by Crippen LogP contribution is 2.36. The number of carbonyl (C=O) groups excluding carboxylic acids is 2. The zero-order chi connectivity index (χ0) is 22.0. The Kier molecular flexibility index (Phi) is 6.06. The molecule has 1 heterocycles. The summed E-state index contributed by atoms with van der Waals surface area (Å²) in [4.78, 5) is 24.3. The van der Waals surface area contributed by atoms with E-state index in [-0.39, 0.29) is 29.8 Å². The number of nitrogens with zero attached hydrogens (tertiary/aromatic N) is 1. The van der Waals surface area contributed by atoms with Gasteiger partial charge < -0.3 is 10.1 Å². The van der Waals surface area contributed by atoms with Crippen molar-refractivity contribution < 1.29 is 27.1 Å². The molecule has 31 heavy (non-hydrogen) atoms. The van der Waals surface area contributed by atoms with Gasteiger partial charge in [0.25, 0.3) is 5.91 Å². The fourth-order valence-electron chi connectivity index (χ4n) is 3.73. The van der Waals surface area contributed by atoms with Crippen LogP contribution in [0.5, 0.6) is 0 Å². The summed E-state index contributed by atoms with van der Waals surface area (Å²) in [6, 6.07) is 11.3. The second-order valence-electron chi connectivity index (χ2n) is 7.74. The smallest absolute Gasteiger partial charge is 0.308 e. The van der Waals surface area contributed by atoms with Crippen molar-refractivity contribution in [2.24, 2.45) is 0 Å². The van der Waals surface area contributed by atoms with Gasteiger partial charge in [-0.05, 0) is 54.7 Å². The van der Waals surface area contributed by atoms with E-state index in [0.717, 1.165) is 36.1 Å². The molecule has 1 atom stereocenters. The van der Waals surface area contributed by atoms with Crippen LogP contribution in [0.3, 0.4) is 0 Å². The van der Waals surface area contributed by atoms with E-state index in [0.29, 0.717) is 6.42 Å². The predicted molar refractivity (Wildman–Crippen MR) is 110 cm³/mol. The SMILES string of the molecule is O=C(COC(=O)CC1c2ccccc2CCN1S(=O)(=O)c1ccc(F)cc1)NC1CC1. The van der Waals surface area contributed by atoms with Gasteiger partial charge in [0, 0.05) is 12.6 Å². The monoisotopic (exact) mass is 446 g/mol. The molecule has 0 spiro atoms. The van der Waals surface area contributed by atoms with Crippen molar-refractivity contribution in [3.8, 4) is 0 Å². The Balaban J connectivity index is 1.55. The molecule has 4 rings (SSSR count). The number of nitrogens with one attached hydrogen (secondary N) is 1. The molecular weight excluding hydrogens is 423 g/mol. The minimum Gasteiger partial charge on any atom is -0.456 e. The van der Waals surface area contributed by atoms with Crippen molar-refractivity contribution >= 4 is 21.9 Å². The van der Waals surface area contributed by atoms with Crippen LogP contribution in [0.2, 0.25) is 0 Å². The summed E-state index contributed by atoms with van der Waals surface area (Å²) in [5.74, 6) is -1.56. The van der Waals surface area contributed by atoms with E-state index in [9.17, 15) is 22.4 Å². The average molecular weight is 447 g/mol.